The number of hydrogen-bond donors (Lipinski definition) is 3. The van der Waals surface area contributed by atoms with Gasteiger partial charge < -0.3 is 15.5 Å². The minimum absolute atomic E-state index is 0.0728. The molecule has 0 heterocycles. The van der Waals surface area contributed by atoms with Gasteiger partial charge in [0.05, 0.1) is 18.1 Å². The van der Waals surface area contributed by atoms with E-state index in [1.54, 1.807) is 0 Å². The molecule has 1 saturated carbocycles. The normalized spacial score (nSPS) is 24.5. The summed E-state index contributed by atoms with van der Waals surface area (Å²) in [6, 6.07) is 0. The second-order valence-corrected chi connectivity index (χ2v) is 6.85. The zero-order chi connectivity index (χ0) is 16.9. The van der Waals surface area contributed by atoms with Gasteiger partial charge in [-0.2, -0.15) is 0 Å². The molecule has 0 amide bonds. The minimum atomic E-state index is -1.22. The van der Waals surface area contributed by atoms with Crippen LogP contribution < -0.4 is 5.32 Å². The lowest BCUT2D eigenvalue weighted by Gasteiger charge is -2.15. The first-order valence-corrected chi connectivity index (χ1v) is 8.13. The van der Waals surface area contributed by atoms with Crippen LogP contribution in [0.5, 0.6) is 0 Å². The third-order valence-electron chi connectivity index (χ3n) is 3.90. The van der Waals surface area contributed by atoms with Gasteiger partial charge in [-0.15, -0.1) is 0 Å². The third-order valence-corrected chi connectivity index (χ3v) is 3.90. The van der Waals surface area contributed by atoms with Crippen molar-refractivity contribution in [2.75, 3.05) is 13.2 Å². The average Bonchev–Trinajstić information content (AvgIpc) is 2.63. The predicted molar refractivity (Wildman–Crippen MR) is 85.2 cm³/mol. The Labute approximate surface area is 132 Å². The van der Waals surface area contributed by atoms with Crippen molar-refractivity contribution in [2.45, 2.75) is 53.1 Å². The number of Topliss-reactive ketones (excluding diaryl/α,β-unsaturated/α-hetero) is 2. The topological polar surface area (TPSA) is 86.6 Å². The molecule has 5 heteroatoms. The van der Waals surface area contributed by atoms with E-state index in [1.165, 1.54) is 0 Å². The monoisotopic (exact) mass is 311 g/mol. The first-order valence-electron chi connectivity index (χ1n) is 8.13. The van der Waals surface area contributed by atoms with Gasteiger partial charge in [0.1, 0.15) is 6.10 Å². The van der Waals surface area contributed by atoms with Crippen LogP contribution in [-0.2, 0) is 9.59 Å². The highest BCUT2D eigenvalue weighted by molar-refractivity contribution is 6.28. The molecule has 1 rings (SSSR count). The highest BCUT2D eigenvalue weighted by Crippen LogP contribution is 2.31. The molecular formula is C17H29NO4. The molecule has 0 saturated heterocycles. The number of nitrogens with one attached hydrogen (secondary N) is 1. The molecule has 0 bridgehead atoms. The number of allylic oxidation sites excluding steroid dienone is 1. The van der Waals surface area contributed by atoms with E-state index in [0.29, 0.717) is 31.0 Å². The molecule has 0 aromatic carbocycles. The van der Waals surface area contributed by atoms with Gasteiger partial charge in [0.15, 0.2) is 11.6 Å². The first-order chi connectivity index (χ1) is 10.3. The summed E-state index contributed by atoms with van der Waals surface area (Å²) in [7, 11) is 0. The molecule has 0 aliphatic heterocycles. The lowest BCUT2D eigenvalue weighted by molar-refractivity contribution is -0.124. The Morgan fingerprint density at radius 3 is 2.27 bits per heavy atom. The largest absolute Gasteiger partial charge is 0.395 e. The molecule has 22 heavy (non-hydrogen) atoms. The quantitative estimate of drug-likeness (QED) is 0.466. The summed E-state index contributed by atoms with van der Waals surface area (Å²) in [5.74, 6) is -0.658. The van der Waals surface area contributed by atoms with Crippen molar-refractivity contribution in [1.82, 2.24) is 5.32 Å². The maximum atomic E-state index is 12.6. The Morgan fingerprint density at radius 1 is 1.14 bits per heavy atom. The molecule has 0 aromatic heterocycles. The molecule has 2 atom stereocenters. The fourth-order valence-corrected chi connectivity index (χ4v) is 2.76. The summed E-state index contributed by atoms with van der Waals surface area (Å²) in [5.41, 5.74) is 0.675. The molecule has 2 unspecified atom stereocenters. The highest BCUT2D eigenvalue weighted by Gasteiger charge is 2.45. The van der Waals surface area contributed by atoms with E-state index in [1.807, 2.05) is 13.8 Å². The zero-order valence-electron chi connectivity index (χ0n) is 14.1. The molecule has 1 fully saturated rings. The SMILES string of the molecule is CC(C)CCC1C(=O)/C(=C(/CC(C)C)NCCO)C(=O)C1O. The van der Waals surface area contributed by atoms with Crippen LogP contribution in [0.1, 0.15) is 47.0 Å². The Morgan fingerprint density at radius 2 is 1.77 bits per heavy atom. The van der Waals surface area contributed by atoms with Crippen molar-refractivity contribution in [2.24, 2.45) is 17.8 Å². The van der Waals surface area contributed by atoms with Crippen LogP contribution in [0, 0.1) is 17.8 Å². The second kappa shape index (κ2) is 8.44. The summed E-state index contributed by atoms with van der Waals surface area (Å²) in [6.07, 6.45) is 0.662. The van der Waals surface area contributed by atoms with E-state index in [-0.39, 0.29) is 23.9 Å². The molecule has 0 radical (unpaired) electrons. The number of rotatable bonds is 8. The molecule has 5 nitrogen and oxygen atoms in total. The van der Waals surface area contributed by atoms with E-state index in [9.17, 15) is 14.7 Å². The third kappa shape index (κ3) is 4.65. The number of carbonyl (C=O) groups excluding carboxylic acids is 2. The van der Waals surface area contributed by atoms with Gasteiger partial charge >= 0.3 is 0 Å². The first kappa shape index (κ1) is 18.8. The van der Waals surface area contributed by atoms with Crippen LogP contribution in [0.15, 0.2) is 11.3 Å². The average molecular weight is 311 g/mol. The van der Waals surface area contributed by atoms with E-state index < -0.39 is 17.8 Å². The molecule has 0 aromatic rings. The summed E-state index contributed by atoms with van der Waals surface area (Å²) in [5, 5.41) is 22.1. The van der Waals surface area contributed by atoms with Crippen molar-refractivity contribution >= 4 is 11.6 Å². The highest BCUT2D eigenvalue weighted by atomic mass is 16.3. The fraction of sp³-hybridized carbons (Fsp3) is 0.765. The molecule has 1 aliphatic carbocycles. The van der Waals surface area contributed by atoms with E-state index in [0.717, 1.165) is 6.42 Å². The van der Waals surface area contributed by atoms with Crippen molar-refractivity contribution in [1.29, 1.82) is 0 Å². The summed E-state index contributed by atoms with van der Waals surface area (Å²) < 4.78 is 0. The van der Waals surface area contributed by atoms with Crippen LogP contribution in [0.3, 0.4) is 0 Å². The number of carbonyl (C=O) groups is 2. The molecule has 126 valence electrons. The smallest absolute Gasteiger partial charge is 0.197 e. The van der Waals surface area contributed by atoms with Gasteiger partial charge in [0.25, 0.3) is 0 Å². The lowest BCUT2D eigenvalue weighted by atomic mass is 9.93. The van der Waals surface area contributed by atoms with Crippen molar-refractivity contribution in [3.05, 3.63) is 11.3 Å². The Balaban J connectivity index is 3.05. The van der Waals surface area contributed by atoms with E-state index >= 15 is 0 Å². The standard InChI is InChI=1S/C17H29NO4/c1-10(2)5-6-12-15(20)14(17(22)16(12)21)13(9-11(3)4)18-7-8-19/h10-12,16,18-19,21H,5-9H2,1-4H3/b14-13+. The van der Waals surface area contributed by atoms with Gasteiger partial charge in [0.2, 0.25) is 0 Å². The van der Waals surface area contributed by atoms with Crippen LogP contribution >= 0.6 is 0 Å². The second-order valence-electron chi connectivity index (χ2n) is 6.85. The lowest BCUT2D eigenvalue weighted by Crippen LogP contribution is -2.24. The predicted octanol–water partition coefficient (Wildman–Crippen LogP) is 1.43. The van der Waals surface area contributed by atoms with Crippen LogP contribution in [0.2, 0.25) is 0 Å². The number of hydrogen-bond acceptors (Lipinski definition) is 5. The van der Waals surface area contributed by atoms with E-state index in [2.05, 4.69) is 19.2 Å². The van der Waals surface area contributed by atoms with Crippen LogP contribution in [0.25, 0.3) is 0 Å². The van der Waals surface area contributed by atoms with Crippen molar-refractivity contribution < 1.29 is 19.8 Å². The fourth-order valence-electron chi connectivity index (χ4n) is 2.76. The van der Waals surface area contributed by atoms with E-state index in [4.69, 9.17) is 5.11 Å². The molecular weight excluding hydrogens is 282 g/mol. The van der Waals surface area contributed by atoms with Gasteiger partial charge in [0, 0.05) is 12.2 Å². The van der Waals surface area contributed by atoms with Crippen LogP contribution in [-0.4, -0.2) is 41.0 Å². The Kier molecular flexibility index (Phi) is 7.23. The molecule has 1 aliphatic rings. The van der Waals surface area contributed by atoms with Crippen molar-refractivity contribution in [3.63, 3.8) is 0 Å². The van der Waals surface area contributed by atoms with Crippen molar-refractivity contribution in [3.8, 4) is 0 Å². The van der Waals surface area contributed by atoms with Gasteiger partial charge in [-0.3, -0.25) is 9.59 Å². The maximum absolute atomic E-state index is 12.6. The molecule has 0 spiro atoms. The summed E-state index contributed by atoms with van der Waals surface area (Å²) in [6.45, 7) is 8.32. The number of aliphatic hydroxyl groups excluding tert-OH is 2. The Bertz CT molecular complexity index is 440. The van der Waals surface area contributed by atoms with Gasteiger partial charge in [-0.25, -0.2) is 0 Å². The summed E-state index contributed by atoms with van der Waals surface area (Å²) >= 11 is 0. The summed E-state index contributed by atoms with van der Waals surface area (Å²) in [4.78, 5) is 24.9. The maximum Gasteiger partial charge on any atom is 0.197 e. The minimum Gasteiger partial charge on any atom is -0.395 e. The molecule has 3 N–H and O–H groups in total. The van der Waals surface area contributed by atoms with Crippen LogP contribution in [0.4, 0.5) is 0 Å². The number of ketones is 2. The zero-order valence-corrected chi connectivity index (χ0v) is 14.1. The number of aliphatic hydroxyl groups is 2. The Hall–Kier alpha value is -1.20. The van der Waals surface area contributed by atoms with Gasteiger partial charge in [-0.05, 0) is 24.7 Å². The van der Waals surface area contributed by atoms with Gasteiger partial charge in [-0.1, -0.05) is 34.1 Å².